The molecule has 0 radical (unpaired) electrons. The van der Waals surface area contributed by atoms with Gasteiger partial charge in [-0.2, -0.15) is 0 Å². The summed E-state index contributed by atoms with van der Waals surface area (Å²) in [5, 5.41) is 5.66. The summed E-state index contributed by atoms with van der Waals surface area (Å²) in [6.45, 7) is 5.46. The van der Waals surface area contributed by atoms with Gasteiger partial charge >= 0.3 is 0 Å². The second-order valence-corrected chi connectivity index (χ2v) is 9.52. The van der Waals surface area contributed by atoms with Crippen LogP contribution >= 0.6 is 0 Å². The van der Waals surface area contributed by atoms with Crippen LogP contribution in [0.15, 0.2) is 66.7 Å². The molecule has 0 aromatic heterocycles. The lowest BCUT2D eigenvalue weighted by Gasteiger charge is -2.18. The zero-order valence-corrected chi connectivity index (χ0v) is 20.5. The van der Waals surface area contributed by atoms with Crippen LogP contribution in [0.5, 0.6) is 5.75 Å². The molecule has 3 aromatic rings. The molecule has 8 nitrogen and oxygen atoms in total. The van der Waals surface area contributed by atoms with E-state index in [1.54, 1.807) is 66.7 Å². The van der Waals surface area contributed by atoms with Crippen molar-refractivity contribution in [1.29, 1.82) is 0 Å². The first kappa shape index (κ1) is 24.7. The number of anilines is 2. The maximum Gasteiger partial charge on any atom is 0.261 e. The SMILES string of the molecule is COc1ccc(CN2C(=O)c3ccccc3C2=O)cc1C(=O)Nc1cccc(NC(=O)C(C)(C)C)c1. The molecule has 0 saturated heterocycles. The zero-order chi connectivity index (χ0) is 26.0. The van der Waals surface area contributed by atoms with Crippen molar-refractivity contribution in [3.05, 3.63) is 89.0 Å². The number of amides is 4. The molecule has 1 heterocycles. The molecule has 0 aliphatic carbocycles. The number of benzene rings is 3. The van der Waals surface area contributed by atoms with Crippen molar-refractivity contribution in [3.63, 3.8) is 0 Å². The van der Waals surface area contributed by atoms with Crippen LogP contribution in [0.4, 0.5) is 11.4 Å². The van der Waals surface area contributed by atoms with Crippen LogP contribution in [0.1, 0.15) is 57.4 Å². The minimum absolute atomic E-state index is 0.0188. The Morgan fingerprint density at radius 2 is 1.44 bits per heavy atom. The van der Waals surface area contributed by atoms with Crippen LogP contribution in [-0.2, 0) is 11.3 Å². The first-order valence-electron chi connectivity index (χ1n) is 11.4. The molecule has 0 spiro atoms. The van der Waals surface area contributed by atoms with Gasteiger partial charge in [-0.15, -0.1) is 0 Å². The third-order valence-electron chi connectivity index (χ3n) is 5.79. The van der Waals surface area contributed by atoms with Crippen molar-refractivity contribution >= 4 is 35.0 Å². The molecule has 4 amide bonds. The van der Waals surface area contributed by atoms with Crippen molar-refractivity contribution in [2.24, 2.45) is 5.41 Å². The lowest BCUT2D eigenvalue weighted by molar-refractivity contribution is -0.123. The first-order valence-corrected chi connectivity index (χ1v) is 11.4. The number of nitrogens with zero attached hydrogens (tertiary/aromatic N) is 1. The Hall–Kier alpha value is -4.46. The fraction of sp³-hybridized carbons (Fsp3) is 0.214. The Kier molecular flexibility index (Phi) is 6.61. The Morgan fingerprint density at radius 1 is 0.833 bits per heavy atom. The lowest BCUT2D eigenvalue weighted by Crippen LogP contribution is -2.29. The molecule has 2 N–H and O–H groups in total. The second kappa shape index (κ2) is 9.65. The summed E-state index contributed by atoms with van der Waals surface area (Å²) in [5.41, 5.74) is 2.06. The standard InChI is InChI=1S/C28H27N3O5/c1-28(2,3)27(35)30-19-9-7-8-18(15-19)29-24(32)22-14-17(12-13-23(22)36-4)16-31-25(33)20-10-5-6-11-21(20)26(31)34/h5-15H,16H2,1-4H3,(H,29,32)(H,30,35). The monoisotopic (exact) mass is 485 g/mol. The van der Waals surface area contributed by atoms with E-state index >= 15 is 0 Å². The van der Waals surface area contributed by atoms with Gasteiger partial charge in [-0.05, 0) is 48.0 Å². The topological polar surface area (TPSA) is 105 Å². The first-order chi connectivity index (χ1) is 17.1. The summed E-state index contributed by atoms with van der Waals surface area (Å²) in [7, 11) is 1.46. The highest BCUT2D eigenvalue weighted by atomic mass is 16.5. The number of imide groups is 1. The van der Waals surface area contributed by atoms with Gasteiger partial charge in [0.05, 0.1) is 30.3 Å². The number of nitrogens with one attached hydrogen (secondary N) is 2. The van der Waals surface area contributed by atoms with E-state index in [1.165, 1.54) is 7.11 Å². The minimum atomic E-state index is -0.563. The van der Waals surface area contributed by atoms with Crippen molar-refractivity contribution in [2.75, 3.05) is 17.7 Å². The van der Waals surface area contributed by atoms with E-state index in [9.17, 15) is 19.2 Å². The molecule has 0 saturated carbocycles. The van der Waals surface area contributed by atoms with Crippen LogP contribution in [0.2, 0.25) is 0 Å². The van der Waals surface area contributed by atoms with E-state index in [1.807, 2.05) is 20.8 Å². The predicted molar refractivity (Wildman–Crippen MR) is 136 cm³/mol. The molecular weight excluding hydrogens is 458 g/mol. The van der Waals surface area contributed by atoms with Crippen LogP contribution in [0, 0.1) is 5.41 Å². The fourth-order valence-corrected chi connectivity index (χ4v) is 3.79. The molecule has 36 heavy (non-hydrogen) atoms. The molecule has 1 aliphatic heterocycles. The second-order valence-electron chi connectivity index (χ2n) is 9.52. The van der Waals surface area contributed by atoms with Gasteiger partial charge in [-0.1, -0.05) is 45.0 Å². The summed E-state index contributed by atoms with van der Waals surface area (Å²) < 4.78 is 5.37. The molecule has 1 aliphatic rings. The van der Waals surface area contributed by atoms with E-state index in [0.717, 1.165) is 4.90 Å². The summed E-state index contributed by atoms with van der Waals surface area (Å²) in [4.78, 5) is 52.1. The average Bonchev–Trinajstić information content (AvgIpc) is 3.08. The molecule has 0 unspecified atom stereocenters. The molecule has 0 fully saturated rings. The van der Waals surface area contributed by atoms with Gasteiger partial charge in [0.25, 0.3) is 17.7 Å². The van der Waals surface area contributed by atoms with Crippen LogP contribution < -0.4 is 15.4 Å². The van der Waals surface area contributed by atoms with Gasteiger partial charge in [0, 0.05) is 16.8 Å². The van der Waals surface area contributed by atoms with Crippen molar-refractivity contribution in [3.8, 4) is 5.75 Å². The van der Waals surface area contributed by atoms with Gasteiger partial charge in [0.1, 0.15) is 5.75 Å². The number of fused-ring (bicyclic) bond motifs is 1. The number of carbonyl (C=O) groups excluding carboxylic acids is 4. The number of carbonyl (C=O) groups is 4. The number of ether oxygens (including phenoxy) is 1. The summed E-state index contributed by atoms with van der Waals surface area (Å²) >= 11 is 0. The molecule has 4 rings (SSSR count). The maximum atomic E-state index is 13.2. The Morgan fingerprint density at radius 3 is 2.03 bits per heavy atom. The molecule has 0 atom stereocenters. The van der Waals surface area contributed by atoms with E-state index in [0.29, 0.717) is 33.8 Å². The number of rotatable bonds is 6. The molecule has 8 heteroatoms. The Balaban J connectivity index is 1.53. The van der Waals surface area contributed by atoms with Crippen LogP contribution in [0.25, 0.3) is 0 Å². The van der Waals surface area contributed by atoms with Crippen molar-refractivity contribution in [2.45, 2.75) is 27.3 Å². The number of hydrogen-bond acceptors (Lipinski definition) is 5. The average molecular weight is 486 g/mol. The summed E-state index contributed by atoms with van der Waals surface area (Å²) in [6.07, 6.45) is 0. The van der Waals surface area contributed by atoms with Gasteiger partial charge < -0.3 is 15.4 Å². The molecule has 0 bridgehead atoms. The minimum Gasteiger partial charge on any atom is -0.496 e. The Labute approximate surface area is 209 Å². The summed E-state index contributed by atoms with van der Waals surface area (Å²) in [6, 6.07) is 18.5. The maximum absolute atomic E-state index is 13.2. The van der Waals surface area contributed by atoms with Crippen molar-refractivity contribution < 1.29 is 23.9 Å². The largest absolute Gasteiger partial charge is 0.496 e. The van der Waals surface area contributed by atoms with E-state index in [2.05, 4.69) is 10.6 Å². The molecule has 3 aromatic carbocycles. The van der Waals surface area contributed by atoms with Crippen LogP contribution in [-0.4, -0.2) is 35.6 Å². The third kappa shape index (κ3) is 4.98. The number of hydrogen-bond donors (Lipinski definition) is 2. The number of methoxy groups -OCH3 is 1. The van der Waals surface area contributed by atoms with Crippen molar-refractivity contribution in [1.82, 2.24) is 4.90 Å². The lowest BCUT2D eigenvalue weighted by atomic mass is 9.95. The van der Waals surface area contributed by atoms with Crippen LogP contribution in [0.3, 0.4) is 0 Å². The fourth-order valence-electron chi connectivity index (χ4n) is 3.79. The van der Waals surface area contributed by atoms with Gasteiger partial charge in [0.15, 0.2) is 0 Å². The smallest absolute Gasteiger partial charge is 0.261 e. The Bertz CT molecular complexity index is 1340. The quantitative estimate of drug-likeness (QED) is 0.491. The van der Waals surface area contributed by atoms with Gasteiger partial charge in [-0.25, -0.2) is 0 Å². The van der Waals surface area contributed by atoms with E-state index in [4.69, 9.17) is 4.74 Å². The van der Waals surface area contributed by atoms with Gasteiger partial charge in [-0.3, -0.25) is 24.1 Å². The normalized spacial score (nSPS) is 12.8. The highest BCUT2D eigenvalue weighted by Crippen LogP contribution is 2.27. The molecular formula is C28H27N3O5. The highest BCUT2D eigenvalue weighted by molar-refractivity contribution is 6.21. The third-order valence-corrected chi connectivity index (χ3v) is 5.79. The summed E-state index contributed by atoms with van der Waals surface area (Å²) in [5.74, 6) is -0.974. The predicted octanol–water partition coefficient (Wildman–Crippen LogP) is 4.73. The highest BCUT2D eigenvalue weighted by Gasteiger charge is 2.35. The molecule has 184 valence electrons. The van der Waals surface area contributed by atoms with Gasteiger partial charge in [0.2, 0.25) is 5.91 Å². The van der Waals surface area contributed by atoms with E-state index in [-0.39, 0.29) is 29.8 Å². The van der Waals surface area contributed by atoms with E-state index < -0.39 is 11.3 Å². The zero-order valence-electron chi connectivity index (χ0n) is 20.5.